The molecule has 0 heterocycles. The van der Waals surface area contributed by atoms with Gasteiger partial charge < -0.3 is 25.4 Å². The molecule has 49 heavy (non-hydrogen) atoms. The summed E-state index contributed by atoms with van der Waals surface area (Å²) in [6.07, 6.45) is 6.05. The number of benzene rings is 2. The van der Waals surface area contributed by atoms with Gasteiger partial charge in [0, 0.05) is 31.8 Å². The zero-order valence-corrected chi connectivity index (χ0v) is 30.5. The lowest BCUT2D eigenvalue weighted by Crippen LogP contribution is -2.40. The summed E-state index contributed by atoms with van der Waals surface area (Å²) in [4.78, 5) is 72.6. The number of amides is 3. The molecule has 268 valence electrons. The Labute approximate surface area is 303 Å². The van der Waals surface area contributed by atoms with Gasteiger partial charge in [-0.2, -0.15) is 0 Å². The van der Waals surface area contributed by atoms with Crippen LogP contribution in [0.15, 0.2) is 60.7 Å². The van der Waals surface area contributed by atoms with Crippen LogP contribution in [0.25, 0.3) is 0 Å². The maximum Gasteiger partial charge on any atom is 0.408 e. The van der Waals surface area contributed by atoms with Crippen molar-refractivity contribution in [3.63, 3.8) is 0 Å². The molecule has 0 aliphatic rings. The van der Waals surface area contributed by atoms with Crippen molar-refractivity contribution in [2.45, 2.75) is 103 Å². The summed E-state index contributed by atoms with van der Waals surface area (Å²) in [5.74, 6) is -1.04. The number of carbonyl (C=O) groups excluding carboxylic acids is 6. The molecular formula is C37H50IN3O8. The van der Waals surface area contributed by atoms with Crippen LogP contribution in [0, 0.1) is 5.92 Å². The first-order chi connectivity index (χ1) is 23.6. The first kappa shape index (κ1) is 41.4. The van der Waals surface area contributed by atoms with E-state index in [4.69, 9.17) is 9.47 Å². The first-order valence-electron chi connectivity index (χ1n) is 17.0. The Hall–Kier alpha value is -3.81. The number of halogens is 1. The second-order valence-electron chi connectivity index (χ2n) is 12.0. The molecule has 3 amide bonds. The van der Waals surface area contributed by atoms with Gasteiger partial charge in [0.15, 0.2) is 9.57 Å². The second kappa shape index (κ2) is 25.2. The molecule has 0 aliphatic heterocycles. The van der Waals surface area contributed by atoms with Gasteiger partial charge >= 0.3 is 12.1 Å². The molecule has 0 radical (unpaired) electrons. The minimum atomic E-state index is -0.638. The van der Waals surface area contributed by atoms with Crippen molar-refractivity contribution in [3.05, 3.63) is 71.8 Å². The number of alkyl carbamates (subject to hydrolysis) is 1. The third-order valence-corrected chi connectivity index (χ3v) is 8.70. The van der Waals surface area contributed by atoms with Crippen LogP contribution in [0.3, 0.4) is 0 Å². The highest BCUT2D eigenvalue weighted by Crippen LogP contribution is 2.19. The number of esters is 1. The lowest BCUT2D eigenvalue weighted by Gasteiger charge is -2.16. The van der Waals surface area contributed by atoms with Gasteiger partial charge in [0.05, 0.1) is 12.5 Å². The summed E-state index contributed by atoms with van der Waals surface area (Å²) in [6.45, 7) is 2.72. The fourth-order valence-electron chi connectivity index (χ4n) is 4.95. The van der Waals surface area contributed by atoms with E-state index in [1.807, 2.05) is 60.7 Å². The molecule has 0 saturated carbocycles. The van der Waals surface area contributed by atoms with E-state index in [2.05, 4.69) is 16.0 Å². The van der Waals surface area contributed by atoms with Gasteiger partial charge in [-0.15, -0.1) is 0 Å². The maximum absolute atomic E-state index is 12.2. The Morgan fingerprint density at radius 2 is 1.16 bits per heavy atom. The summed E-state index contributed by atoms with van der Waals surface area (Å²) in [5.41, 5.74) is 1.75. The Morgan fingerprint density at radius 1 is 0.653 bits per heavy atom. The molecule has 12 heteroatoms. The largest absolute Gasteiger partial charge is 0.461 e. The Morgan fingerprint density at radius 3 is 1.67 bits per heavy atom. The van der Waals surface area contributed by atoms with Crippen LogP contribution in [0.5, 0.6) is 0 Å². The second-order valence-corrected chi connectivity index (χ2v) is 13.0. The fraction of sp³-hybridized carbons (Fsp3) is 0.514. The van der Waals surface area contributed by atoms with E-state index >= 15 is 0 Å². The quantitative estimate of drug-likeness (QED) is 0.0471. The minimum absolute atomic E-state index is 0.0433. The fourth-order valence-corrected chi connectivity index (χ4v) is 5.48. The molecule has 0 aromatic heterocycles. The summed E-state index contributed by atoms with van der Waals surface area (Å²) in [5, 5.41) is 8.39. The summed E-state index contributed by atoms with van der Waals surface area (Å²) >= 11 is 1.73. The normalized spacial score (nSPS) is 11.9. The number of hydrogen-bond acceptors (Lipinski definition) is 8. The minimum Gasteiger partial charge on any atom is -0.461 e. The van der Waals surface area contributed by atoms with E-state index < -0.39 is 24.0 Å². The summed E-state index contributed by atoms with van der Waals surface area (Å²) in [7, 11) is 0. The number of nitrogens with one attached hydrogen (secondary N) is 3. The van der Waals surface area contributed by atoms with Gasteiger partial charge in [-0.1, -0.05) is 73.5 Å². The molecule has 0 unspecified atom stereocenters. The smallest absolute Gasteiger partial charge is 0.408 e. The number of ketones is 1. The zero-order valence-electron chi connectivity index (χ0n) is 28.4. The average molecular weight is 792 g/mol. The molecule has 3 N–H and O–H groups in total. The predicted octanol–water partition coefficient (Wildman–Crippen LogP) is 6.11. The van der Waals surface area contributed by atoms with E-state index in [1.165, 1.54) is 6.92 Å². The highest BCUT2D eigenvalue weighted by Gasteiger charge is 2.21. The van der Waals surface area contributed by atoms with Crippen molar-refractivity contribution in [1.82, 2.24) is 16.0 Å². The van der Waals surface area contributed by atoms with Crippen LogP contribution in [0.4, 0.5) is 4.79 Å². The van der Waals surface area contributed by atoms with E-state index in [0.29, 0.717) is 77.3 Å². The molecule has 2 rings (SSSR count). The van der Waals surface area contributed by atoms with Gasteiger partial charge in [0.2, 0.25) is 11.8 Å². The lowest BCUT2D eigenvalue weighted by molar-refractivity contribution is -0.147. The van der Waals surface area contributed by atoms with Gasteiger partial charge in [0.1, 0.15) is 13.2 Å². The highest BCUT2D eigenvalue weighted by molar-refractivity contribution is 14.1. The van der Waals surface area contributed by atoms with Gasteiger partial charge in [-0.25, -0.2) is 4.79 Å². The van der Waals surface area contributed by atoms with Gasteiger partial charge in [0.25, 0.3) is 0 Å². The molecule has 0 saturated heterocycles. The van der Waals surface area contributed by atoms with Crippen molar-refractivity contribution >= 4 is 56.0 Å². The van der Waals surface area contributed by atoms with E-state index in [0.717, 1.165) is 17.5 Å². The van der Waals surface area contributed by atoms with E-state index in [9.17, 15) is 28.8 Å². The zero-order chi connectivity index (χ0) is 35.7. The molecule has 2 aromatic carbocycles. The van der Waals surface area contributed by atoms with Crippen LogP contribution in [0.1, 0.15) is 95.1 Å². The van der Waals surface area contributed by atoms with Crippen LogP contribution < -0.4 is 16.0 Å². The molecule has 0 spiro atoms. The lowest BCUT2D eigenvalue weighted by atomic mass is 10.00. The van der Waals surface area contributed by atoms with Crippen LogP contribution in [0.2, 0.25) is 0 Å². The van der Waals surface area contributed by atoms with Crippen LogP contribution in [-0.4, -0.2) is 52.6 Å². The molecule has 2 atom stereocenters. The number of rotatable bonds is 25. The molecule has 0 aliphatic carbocycles. The van der Waals surface area contributed by atoms with E-state index in [-0.39, 0.29) is 41.0 Å². The number of unbranched alkanes of at least 4 members (excludes halogenated alkanes) is 4. The average Bonchev–Trinajstić information content (AvgIpc) is 3.09. The third-order valence-electron chi connectivity index (χ3n) is 7.82. The Bertz CT molecular complexity index is 1210. The molecule has 0 bridgehead atoms. The highest BCUT2D eigenvalue weighted by atomic mass is 127. The number of Topliss-reactive ketones (excluding diaryl/α,β-unsaturated/α-hetero) is 1. The van der Waals surface area contributed by atoms with E-state index in [1.54, 1.807) is 22.6 Å². The number of hydrogen-bond donors (Lipinski definition) is 3. The summed E-state index contributed by atoms with van der Waals surface area (Å²) < 4.78 is 10.4. The van der Waals surface area contributed by atoms with Crippen molar-refractivity contribution in [2.24, 2.45) is 5.92 Å². The SMILES string of the molecule is CC(=O)[C@H](CCCCNC(=O)CCCCCC(=O)NCCCC[C@H](CC(=O)OCc1ccccc1)C(=O)I)NC(=O)OCc1ccccc1. The summed E-state index contributed by atoms with van der Waals surface area (Å²) in [6, 6.07) is 18.0. The topological polar surface area (TPSA) is 157 Å². The first-order valence-corrected chi connectivity index (χ1v) is 18.1. The van der Waals surface area contributed by atoms with Crippen LogP contribution >= 0.6 is 22.6 Å². The number of carbonyl (C=O) groups is 6. The van der Waals surface area contributed by atoms with Crippen molar-refractivity contribution in [1.29, 1.82) is 0 Å². The number of ether oxygens (including phenoxy) is 2. The Balaban J connectivity index is 1.45. The van der Waals surface area contributed by atoms with Crippen molar-refractivity contribution < 1.29 is 38.2 Å². The Kier molecular flexibility index (Phi) is 21.3. The van der Waals surface area contributed by atoms with Crippen molar-refractivity contribution in [2.75, 3.05) is 13.1 Å². The predicted molar refractivity (Wildman–Crippen MR) is 194 cm³/mol. The molecular weight excluding hydrogens is 741 g/mol. The molecule has 2 aromatic rings. The third kappa shape index (κ3) is 20.3. The van der Waals surface area contributed by atoms with Gasteiger partial charge in [-0.05, 0) is 85.6 Å². The van der Waals surface area contributed by atoms with Crippen molar-refractivity contribution in [3.8, 4) is 0 Å². The van der Waals surface area contributed by atoms with Gasteiger partial charge in [-0.3, -0.25) is 24.0 Å². The molecule has 11 nitrogen and oxygen atoms in total. The maximum atomic E-state index is 12.2. The monoisotopic (exact) mass is 791 g/mol. The standard InChI is InChI=1S/C37H50IN3O8/c1-28(42)32(41-37(47)49-27-30-17-7-3-8-18-30)20-12-14-24-40-34(44)22-10-4-9-21-33(43)39-23-13-11-19-31(36(38)46)25-35(45)48-26-29-15-5-2-6-16-29/h2-3,5-8,15-18,31-32H,4,9-14,19-27H2,1H3,(H,39,43)(H,40,44)(H,41,47)/t31-,32+/m1/s1. The molecule has 0 fully saturated rings. The van der Waals surface area contributed by atoms with Crippen LogP contribution in [-0.2, 0) is 46.7 Å².